The Labute approximate surface area is 45.5 Å². The first-order chi connectivity index (χ1) is 3.80. The quantitative estimate of drug-likeness (QED) is 0.347. The molecule has 1 heterocycles. The van der Waals surface area contributed by atoms with Crippen molar-refractivity contribution in [2.45, 2.75) is 0 Å². The van der Waals surface area contributed by atoms with Crippen molar-refractivity contribution in [3.8, 4) is 0 Å². The lowest BCUT2D eigenvalue weighted by Crippen LogP contribution is -2.26. The molecule has 0 spiro atoms. The van der Waals surface area contributed by atoms with Gasteiger partial charge in [0.05, 0.1) is 6.54 Å². The zero-order chi connectivity index (χ0) is 5.98. The predicted molar refractivity (Wildman–Crippen MR) is 26.2 cm³/mol. The second kappa shape index (κ2) is 1.79. The van der Waals surface area contributed by atoms with E-state index in [2.05, 4.69) is 10.9 Å². The van der Waals surface area contributed by atoms with Gasteiger partial charge in [0.25, 0.3) is 0 Å². The number of nitro groups is 1. The van der Waals surface area contributed by atoms with Crippen LogP contribution >= 0.6 is 0 Å². The number of rotatable bonds is 1. The number of hydrazine groups is 1. The van der Waals surface area contributed by atoms with Crippen molar-refractivity contribution < 1.29 is 4.92 Å². The molecule has 1 aliphatic rings. The Morgan fingerprint density at radius 2 is 2.62 bits per heavy atom. The van der Waals surface area contributed by atoms with Crippen molar-refractivity contribution in [3.63, 3.8) is 0 Å². The highest BCUT2D eigenvalue weighted by atomic mass is 16.6. The molecule has 0 radical (unpaired) electrons. The highest BCUT2D eigenvalue weighted by Crippen LogP contribution is 1.90. The van der Waals surface area contributed by atoms with Crippen LogP contribution in [0.5, 0.6) is 0 Å². The normalized spacial score (nSPS) is 17.2. The summed E-state index contributed by atoms with van der Waals surface area (Å²) in [5, 5.41) is 9.84. The molecule has 5 nitrogen and oxygen atoms in total. The van der Waals surface area contributed by atoms with Gasteiger partial charge in [0.1, 0.15) is 0 Å². The predicted octanol–water partition coefficient (Wildman–Crippen LogP) is -0.788. The maximum absolute atomic E-state index is 9.84. The summed E-state index contributed by atoms with van der Waals surface area (Å²) in [5.41, 5.74) is 4.94. The summed E-state index contributed by atoms with van der Waals surface area (Å²) in [6.07, 6.45) is 1.47. The molecule has 0 saturated heterocycles. The molecule has 0 aliphatic carbocycles. The maximum Gasteiger partial charge on any atom is 0.331 e. The first-order valence-corrected chi connectivity index (χ1v) is 2.14. The Hall–Kier alpha value is -1.10. The highest BCUT2D eigenvalue weighted by molar-refractivity contribution is 4.94. The molecule has 1 aliphatic heterocycles. The molecule has 1 rings (SSSR count). The fourth-order valence-electron chi connectivity index (χ4n) is 0.461. The third kappa shape index (κ3) is 0.760. The number of nitrogens with zero attached hydrogens (tertiary/aromatic N) is 1. The average Bonchev–Trinajstić information content (AvgIpc) is 2.12. The van der Waals surface area contributed by atoms with E-state index in [1.165, 1.54) is 6.08 Å². The molecule has 0 amide bonds. The van der Waals surface area contributed by atoms with Crippen molar-refractivity contribution >= 4 is 0 Å². The van der Waals surface area contributed by atoms with Gasteiger partial charge in [-0.25, -0.2) is 0 Å². The lowest BCUT2D eigenvalue weighted by atomic mass is 10.6. The number of nitrogens with one attached hydrogen (secondary N) is 2. The Bertz CT molecular complexity index is 141. The van der Waals surface area contributed by atoms with E-state index in [9.17, 15) is 10.1 Å². The summed E-state index contributed by atoms with van der Waals surface area (Å²) < 4.78 is 0. The third-order valence-electron chi connectivity index (χ3n) is 0.811. The zero-order valence-corrected chi connectivity index (χ0v) is 4.05. The van der Waals surface area contributed by atoms with Crippen LogP contribution in [0.25, 0.3) is 0 Å². The van der Waals surface area contributed by atoms with Crippen molar-refractivity contribution in [3.05, 3.63) is 22.0 Å². The topological polar surface area (TPSA) is 67.2 Å². The summed E-state index contributed by atoms with van der Waals surface area (Å²) in [6, 6.07) is 0. The van der Waals surface area contributed by atoms with Crippen LogP contribution in [0.1, 0.15) is 0 Å². The third-order valence-corrected chi connectivity index (χ3v) is 0.811. The summed E-state index contributed by atoms with van der Waals surface area (Å²) in [5.74, 6) is 0.0324. The fraction of sp³-hybridized carbons (Fsp3) is 0.333. The second-order valence-electron chi connectivity index (χ2n) is 1.35. The summed E-state index contributed by atoms with van der Waals surface area (Å²) >= 11 is 0. The van der Waals surface area contributed by atoms with E-state index in [0.717, 1.165) is 0 Å². The summed E-state index contributed by atoms with van der Waals surface area (Å²) in [7, 11) is 0. The summed E-state index contributed by atoms with van der Waals surface area (Å²) in [4.78, 5) is 9.36. The molecule has 2 N–H and O–H groups in total. The molecule has 0 aromatic carbocycles. The van der Waals surface area contributed by atoms with E-state index in [0.29, 0.717) is 6.54 Å². The van der Waals surface area contributed by atoms with Crippen LogP contribution in [0.15, 0.2) is 11.9 Å². The Balaban J connectivity index is 2.57. The minimum Gasteiger partial charge on any atom is -0.358 e. The minimum atomic E-state index is -0.472. The van der Waals surface area contributed by atoms with Crippen LogP contribution in [0.3, 0.4) is 0 Å². The van der Waals surface area contributed by atoms with Gasteiger partial charge in [-0.05, 0) is 4.92 Å². The lowest BCUT2D eigenvalue weighted by molar-refractivity contribution is -0.431. The van der Waals surface area contributed by atoms with Gasteiger partial charge in [0, 0.05) is 6.08 Å². The van der Waals surface area contributed by atoms with E-state index in [-0.39, 0.29) is 5.82 Å². The molecule has 0 atom stereocenters. The lowest BCUT2D eigenvalue weighted by Gasteiger charge is -1.91. The Morgan fingerprint density at radius 1 is 1.88 bits per heavy atom. The monoisotopic (exact) mass is 115 g/mol. The van der Waals surface area contributed by atoms with E-state index in [1.54, 1.807) is 0 Å². The van der Waals surface area contributed by atoms with Gasteiger partial charge < -0.3 is 10.1 Å². The van der Waals surface area contributed by atoms with E-state index in [1.807, 2.05) is 0 Å². The van der Waals surface area contributed by atoms with Gasteiger partial charge in [-0.3, -0.25) is 0 Å². The van der Waals surface area contributed by atoms with E-state index >= 15 is 0 Å². The average molecular weight is 115 g/mol. The van der Waals surface area contributed by atoms with Crippen LogP contribution in [0.4, 0.5) is 0 Å². The molecular formula is C3H5N3O2. The smallest absolute Gasteiger partial charge is 0.331 e. The minimum absolute atomic E-state index is 0.0324. The van der Waals surface area contributed by atoms with Crippen molar-refractivity contribution in [2.24, 2.45) is 0 Å². The van der Waals surface area contributed by atoms with Gasteiger partial charge in [0.2, 0.25) is 0 Å². The fourth-order valence-corrected chi connectivity index (χ4v) is 0.461. The zero-order valence-electron chi connectivity index (χ0n) is 4.05. The SMILES string of the molecule is O=[N+]([O-])C1=CCNN1. The largest absolute Gasteiger partial charge is 0.358 e. The van der Waals surface area contributed by atoms with Gasteiger partial charge in [0.15, 0.2) is 0 Å². The molecule has 0 fully saturated rings. The standard InChI is InChI=1S/C3H5N3O2/c7-6(8)3-1-2-4-5-3/h1,4-5H,2H2. The van der Waals surface area contributed by atoms with Gasteiger partial charge in [-0.1, -0.05) is 0 Å². The van der Waals surface area contributed by atoms with Crippen LogP contribution in [0, 0.1) is 10.1 Å². The van der Waals surface area contributed by atoms with Crippen LogP contribution in [0.2, 0.25) is 0 Å². The van der Waals surface area contributed by atoms with Gasteiger partial charge >= 0.3 is 5.82 Å². The molecule has 0 aromatic heterocycles. The van der Waals surface area contributed by atoms with Crippen molar-refractivity contribution in [1.82, 2.24) is 10.9 Å². The molecule has 8 heavy (non-hydrogen) atoms. The van der Waals surface area contributed by atoms with Gasteiger partial charge in [-0.2, -0.15) is 10.9 Å². The van der Waals surface area contributed by atoms with Crippen molar-refractivity contribution in [1.29, 1.82) is 0 Å². The molecule has 0 saturated carbocycles. The molecular weight excluding hydrogens is 110 g/mol. The number of hydrogen-bond acceptors (Lipinski definition) is 4. The maximum atomic E-state index is 9.84. The van der Waals surface area contributed by atoms with E-state index < -0.39 is 4.92 Å². The highest BCUT2D eigenvalue weighted by Gasteiger charge is 2.11. The summed E-state index contributed by atoms with van der Waals surface area (Å²) in [6.45, 7) is 0.524. The first kappa shape index (κ1) is 5.04. The van der Waals surface area contributed by atoms with E-state index in [4.69, 9.17) is 0 Å². The Morgan fingerprint density at radius 3 is 2.88 bits per heavy atom. The van der Waals surface area contributed by atoms with Crippen molar-refractivity contribution in [2.75, 3.05) is 6.54 Å². The van der Waals surface area contributed by atoms with Crippen LogP contribution < -0.4 is 10.9 Å². The number of hydrogen-bond donors (Lipinski definition) is 2. The molecule has 5 heteroatoms. The van der Waals surface area contributed by atoms with Crippen LogP contribution in [-0.4, -0.2) is 11.5 Å². The first-order valence-electron chi connectivity index (χ1n) is 2.14. The second-order valence-corrected chi connectivity index (χ2v) is 1.35. The molecule has 44 valence electrons. The van der Waals surface area contributed by atoms with Gasteiger partial charge in [-0.15, -0.1) is 0 Å². The molecule has 0 bridgehead atoms. The molecule has 0 unspecified atom stereocenters. The van der Waals surface area contributed by atoms with Crippen LogP contribution in [-0.2, 0) is 0 Å². The molecule has 0 aromatic rings. The Kier molecular flexibility index (Phi) is 1.13.